The van der Waals surface area contributed by atoms with Crippen molar-refractivity contribution in [3.8, 4) is 0 Å². The maximum Gasteiger partial charge on any atom is 0.228 e. The molecule has 2 fully saturated rings. The molecule has 26 heavy (non-hydrogen) atoms. The standard InChI is InChI=1S/C19H20BrN3O2S/c20-14-5-1-4-13(10-14)19(7-3-8-19)22-16(24)11-15-12-26-18(21-15)23-9-2-6-17(23)25/h1,4-5,10,12H,2-3,6-9,11H2,(H,22,24). The lowest BCUT2D eigenvalue weighted by Gasteiger charge is -2.43. The molecule has 0 radical (unpaired) electrons. The van der Waals surface area contributed by atoms with E-state index in [1.807, 2.05) is 17.5 Å². The Morgan fingerprint density at radius 1 is 1.35 bits per heavy atom. The van der Waals surface area contributed by atoms with Crippen molar-refractivity contribution in [3.05, 3.63) is 45.4 Å². The van der Waals surface area contributed by atoms with Gasteiger partial charge in [0.25, 0.3) is 0 Å². The van der Waals surface area contributed by atoms with Gasteiger partial charge in [0.15, 0.2) is 5.13 Å². The second kappa shape index (κ2) is 7.12. The number of halogens is 1. The Labute approximate surface area is 164 Å². The Hall–Kier alpha value is -1.73. The molecule has 5 nitrogen and oxygen atoms in total. The zero-order valence-electron chi connectivity index (χ0n) is 14.3. The third-order valence-electron chi connectivity index (χ3n) is 5.15. The summed E-state index contributed by atoms with van der Waals surface area (Å²) in [5.74, 6) is 0.104. The number of thiazole rings is 1. The number of hydrogen-bond donors (Lipinski definition) is 1. The van der Waals surface area contributed by atoms with Crippen LogP contribution in [-0.4, -0.2) is 23.3 Å². The van der Waals surface area contributed by atoms with Gasteiger partial charge in [0, 0.05) is 22.8 Å². The second-order valence-corrected chi connectivity index (χ2v) is 8.69. The van der Waals surface area contributed by atoms with E-state index in [9.17, 15) is 9.59 Å². The quantitative estimate of drug-likeness (QED) is 0.780. The summed E-state index contributed by atoms with van der Waals surface area (Å²) in [5.41, 5.74) is 1.61. The molecule has 1 aromatic heterocycles. The molecule has 1 aliphatic carbocycles. The van der Waals surface area contributed by atoms with Crippen LogP contribution in [0.1, 0.15) is 43.4 Å². The van der Waals surface area contributed by atoms with E-state index in [-0.39, 0.29) is 23.8 Å². The SMILES string of the molecule is O=C(Cc1csc(N2CCCC2=O)n1)NC1(c2cccc(Br)c2)CCC1. The normalized spacial score (nSPS) is 18.7. The first-order chi connectivity index (χ1) is 12.6. The number of nitrogens with one attached hydrogen (secondary N) is 1. The van der Waals surface area contributed by atoms with Crippen LogP contribution in [-0.2, 0) is 21.5 Å². The number of carbonyl (C=O) groups excluding carboxylic acids is 2. The molecule has 4 rings (SSSR count). The van der Waals surface area contributed by atoms with Crippen molar-refractivity contribution in [2.45, 2.75) is 44.1 Å². The number of carbonyl (C=O) groups is 2. The molecule has 0 bridgehead atoms. The van der Waals surface area contributed by atoms with Gasteiger partial charge in [0.2, 0.25) is 11.8 Å². The molecule has 136 valence electrons. The molecule has 1 N–H and O–H groups in total. The lowest BCUT2D eigenvalue weighted by molar-refractivity contribution is -0.123. The first kappa shape index (κ1) is 17.7. The van der Waals surface area contributed by atoms with Crippen molar-refractivity contribution in [1.29, 1.82) is 0 Å². The summed E-state index contributed by atoms with van der Waals surface area (Å²) in [6.45, 7) is 0.726. The molecule has 2 aromatic rings. The van der Waals surface area contributed by atoms with Crippen LogP contribution in [0.15, 0.2) is 34.1 Å². The minimum atomic E-state index is -0.259. The zero-order valence-corrected chi connectivity index (χ0v) is 16.7. The van der Waals surface area contributed by atoms with Crippen LogP contribution in [0.2, 0.25) is 0 Å². The van der Waals surface area contributed by atoms with Crippen LogP contribution >= 0.6 is 27.3 Å². The number of benzene rings is 1. The fraction of sp³-hybridized carbons (Fsp3) is 0.421. The molecule has 0 spiro atoms. The Bertz CT molecular complexity index is 847. The zero-order chi connectivity index (χ0) is 18.1. The molecular formula is C19H20BrN3O2S. The maximum atomic E-state index is 12.6. The van der Waals surface area contributed by atoms with Gasteiger partial charge in [0.1, 0.15) is 0 Å². The summed E-state index contributed by atoms with van der Waals surface area (Å²) in [5, 5.41) is 5.82. The van der Waals surface area contributed by atoms with E-state index < -0.39 is 0 Å². The van der Waals surface area contributed by atoms with E-state index in [0.717, 1.165) is 48.0 Å². The highest BCUT2D eigenvalue weighted by molar-refractivity contribution is 9.10. The van der Waals surface area contributed by atoms with Crippen LogP contribution < -0.4 is 10.2 Å². The number of anilines is 1. The number of nitrogens with zero attached hydrogens (tertiary/aromatic N) is 2. The predicted octanol–water partition coefficient (Wildman–Crippen LogP) is 3.77. The number of hydrogen-bond acceptors (Lipinski definition) is 4. The van der Waals surface area contributed by atoms with Gasteiger partial charge in [0.05, 0.1) is 17.7 Å². The first-order valence-electron chi connectivity index (χ1n) is 8.88. The second-order valence-electron chi connectivity index (χ2n) is 6.94. The van der Waals surface area contributed by atoms with Gasteiger partial charge in [-0.1, -0.05) is 28.1 Å². The molecule has 7 heteroatoms. The predicted molar refractivity (Wildman–Crippen MR) is 105 cm³/mol. The fourth-order valence-electron chi connectivity index (χ4n) is 3.63. The summed E-state index contributed by atoms with van der Waals surface area (Å²) in [4.78, 5) is 30.7. The number of rotatable bonds is 5. The largest absolute Gasteiger partial charge is 0.346 e. The third kappa shape index (κ3) is 3.42. The summed E-state index contributed by atoms with van der Waals surface area (Å²) in [6.07, 6.45) is 4.74. The third-order valence-corrected chi connectivity index (χ3v) is 6.55. The highest BCUT2D eigenvalue weighted by Gasteiger charge is 2.40. The van der Waals surface area contributed by atoms with Crippen molar-refractivity contribution in [2.75, 3.05) is 11.4 Å². The van der Waals surface area contributed by atoms with Crippen LogP contribution in [0, 0.1) is 0 Å². The van der Waals surface area contributed by atoms with Crippen molar-refractivity contribution in [2.24, 2.45) is 0 Å². The van der Waals surface area contributed by atoms with Crippen LogP contribution in [0.4, 0.5) is 5.13 Å². The Balaban J connectivity index is 1.44. The monoisotopic (exact) mass is 433 g/mol. The van der Waals surface area contributed by atoms with Gasteiger partial charge in [-0.2, -0.15) is 0 Å². The Morgan fingerprint density at radius 3 is 2.85 bits per heavy atom. The molecule has 1 saturated carbocycles. The summed E-state index contributed by atoms with van der Waals surface area (Å²) in [6, 6.07) is 8.16. The van der Waals surface area contributed by atoms with Crippen molar-refractivity contribution < 1.29 is 9.59 Å². The fourth-order valence-corrected chi connectivity index (χ4v) is 4.90. The Morgan fingerprint density at radius 2 is 2.19 bits per heavy atom. The molecule has 0 atom stereocenters. The lowest BCUT2D eigenvalue weighted by Crippen LogP contribution is -2.51. The lowest BCUT2D eigenvalue weighted by atomic mass is 9.71. The summed E-state index contributed by atoms with van der Waals surface area (Å²) in [7, 11) is 0. The average Bonchev–Trinajstić information content (AvgIpc) is 3.19. The van der Waals surface area contributed by atoms with E-state index in [2.05, 4.69) is 38.4 Å². The summed E-state index contributed by atoms with van der Waals surface area (Å²) >= 11 is 4.95. The van der Waals surface area contributed by atoms with Gasteiger partial charge < -0.3 is 5.32 Å². The van der Waals surface area contributed by atoms with Gasteiger partial charge in [-0.05, 0) is 43.4 Å². The molecule has 1 aromatic carbocycles. The smallest absolute Gasteiger partial charge is 0.228 e. The van der Waals surface area contributed by atoms with Gasteiger partial charge >= 0.3 is 0 Å². The Kier molecular flexibility index (Phi) is 4.84. The van der Waals surface area contributed by atoms with Crippen LogP contribution in [0.3, 0.4) is 0 Å². The average molecular weight is 434 g/mol. The molecule has 1 aliphatic heterocycles. The number of amides is 2. The van der Waals surface area contributed by atoms with Gasteiger partial charge in [-0.25, -0.2) is 4.98 Å². The molecule has 2 aliphatic rings. The summed E-state index contributed by atoms with van der Waals surface area (Å²) < 4.78 is 1.02. The molecule has 2 heterocycles. The van der Waals surface area contributed by atoms with E-state index in [0.29, 0.717) is 11.6 Å². The van der Waals surface area contributed by atoms with Crippen LogP contribution in [0.25, 0.3) is 0 Å². The van der Waals surface area contributed by atoms with E-state index >= 15 is 0 Å². The van der Waals surface area contributed by atoms with Crippen molar-refractivity contribution in [3.63, 3.8) is 0 Å². The first-order valence-corrected chi connectivity index (χ1v) is 10.5. The number of aromatic nitrogens is 1. The highest BCUT2D eigenvalue weighted by Crippen LogP contribution is 2.42. The molecule has 0 unspecified atom stereocenters. The van der Waals surface area contributed by atoms with E-state index in [1.54, 1.807) is 4.90 Å². The van der Waals surface area contributed by atoms with Gasteiger partial charge in [-0.3, -0.25) is 14.5 Å². The molecular weight excluding hydrogens is 414 g/mol. The minimum Gasteiger partial charge on any atom is -0.346 e. The van der Waals surface area contributed by atoms with E-state index in [4.69, 9.17) is 0 Å². The molecule has 2 amide bonds. The minimum absolute atomic E-state index is 0.0192. The highest BCUT2D eigenvalue weighted by atomic mass is 79.9. The van der Waals surface area contributed by atoms with Crippen molar-refractivity contribution in [1.82, 2.24) is 10.3 Å². The van der Waals surface area contributed by atoms with Crippen LogP contribution in [0.5, 0.6) is 0 Å². The maximum absolute atomic E-state index is 12.6. The topological polar surface area (TPSA) is 62.3 Å². The van der Waals surface area contributed by atoms with Gasteiger partial charge in [-0.15, -0.1) is 11.3 Å². The van der Waals surface area contributed by atoms with Crippen molar-refractivity contribution >= 4 is 44.2 Å². The molecule has 1 saturated heterocycles. The van der Waals surface area contributed by atoms with E-state index in [1.165, 1.54) is 11.3 Å².